The summed E-state index contributed by atoms with van der Waals surface area (Å²) < 4.78 is 14.7. The van der Waals surface area contributed by atoms with E-state index >= 15 is 0 Å². The molecule has 2 aromatic heterocycles. The van der Waals surface area contributed by atoms with Crippen LogP contribution in [0.3, 0.4) is 0 Å². The van der Waals surface area contributed by atoms with E-state index in [1.165, 1.54) is 11.9 Å². The SMILES string of the molecule is CCC1C(=O)Oc2cc(OC)ccc2C1c1cn(Cc2ccccc2)cn1.O=C(O)CC(=O)c1cn(Cc2ccccc2)cn1. The molecule has 6 rings (SSSR count). The van der Waals surface area contributed by atoms with Crippen molar-refractivity contribution in [2.75, 3.05) is 7.11 Å². The Bertz CT molecular complexity index is 1760. The zero-order chi connectivity index (χ0) is 31.8. The van der Waals surface area contributed by atoms with Crippen LogP contribution < -0.4 is 9.47 Å². The number of hydrogen-bond donors (Lipinski definition) is 1. The fourth-order valence-corrected chi connectivity index (χ4v) is 5.32. The Morgan fingerprint density at radius 2 is 1.51 bits per heavy atom. The summed E-state index contributed by atoms with van der Waals surface area (Å²) in [6.45, 7) is 3.36. The van der Waals surface area contributed by atoms with Crippen molar-refractivity contribution in [2.45, 2.75) is 38.8 Å². The number of ether oxygens (including phenoxy) is 2. The number of rotatable bonds is 10. The number of aromatic nitrogens is 4. The molecule has 1 N–H and O–H groups in total. The molecule has 2 atom stereocenters. The maximum absolute atomic E-state index is 12.6. The molecule has 0 radical (unpaired) electrons. The fraction of sp³-hybridized carbons (Fsp3) is 0.229. The number of carbonyl (C=O) groups excluding carboxylic acids is 2. The van der Waals surface area contributed by atoms with Gasteiger partial charge in [-0.3, -0.25) is 14.4 Å². The summed E-state index contributed by atoms with van der Waals surface area (Å²) in [4.78, 5) is 43.0. The molecule has 3 aromatic carbocycles. The van der Waals surface area contributed by atoms with Gasteiger partial charge in [0.1, 0.15) is 23.6 Å². The van der Waals surface area contributed by atoms with E-state index in [2.05, 4.69) is 26.7 Å². The first kappa shape index (κ1) is 30.9. The molecule has 1 aliphatic heterocycles. The van der Waals surface area contributed by atoms with Gasteiger partial charge in [-0.2, -0.15) is 0 Å². The number of imidazole rings is 2. The van der Waals surface area contributed by atoms with Crippen LogP contribution in [0.4, 0.5) is 0 Å². The van der Waals surface area contributed by atoms with Crippen molar-refractivity contribution >= 4 is 17.7 Å². The number of esters is 1. The Kier molecular flexibility index (Phi) is 9.83. The minimum atomic E-state index is -1.14. The quantitative estimate of drug-likeness (QED) is 0.0942. The molecule has 0 amide bonds. The van der Waals surface area contributed by atoms with Crippen molar-refractivity contribution in [3.8, 4) is 11.5 Å². The van der Waals surface area contributed by atoms with Crippen molar-refractivity contribution in [3.05, 3.63) is 132 Å². The molecular weight excluding hydrogens is 572 g/mol. The lowest BCUT2D eigenvalue weighted by Crippen LogP contribution is -2.32. The number of methoxy groups -OCH3 is 1. The highest BCUT2D eigenvalue weighted by molar-refractivity contribution is 6.04. The molecule has 0 fully saturated rings. The predicted octanol–water partition coefficient (Wildman–Crippen LogP) is 5.61. The minimum Gasteiger partial charge on any atom is -0.497 e. The Hall–Kier alpha value is -5.51. The summed E-state index contributed by atoms with van der Waals surface area (Å²) in [6.07, 6.45) is 7.13. The van der Waals surface area contributed by atoms with Crippen LogP contribution in [0.2, 0.25) is 0 Å². The van der Waals surface area contributed by atoms with Crippen molar-refractivity contribution in [2.24, 2.45) is 5.92 Å². The van der Waals surface area contributed by atoms with Gasteiger partial charge in [0.25, 0.3) is 0 Å². The normalized spacial score (nSPS) is 15.3. The standard InChI is InChI=1S/C22H22N2O3.C13H12N2O3/c1-3-17-21(18-10-9-16(26-2)11-20(18)27-22(17)25)19-13-24(14-23-19)12-15-7-5-4-6-8-15;16-12(6-13(17)18)11-8-15(9-14-11)7-10-4-2-1-3-5-10/h4-11,13-14,17,21H,3,12H2,1-2H3;1-5,8-9H,6-7H2,(H,17,18). The molecule has 0 saturated carbocycles. The Balaban J connectivity index is 0.000000194. The number of carboxylic acid groups (broad SMARTS) is 1. The second kappa shape index (κ2) is 14.3. The predicted molar refractivity (Wildman–Crippen MR) is 166 cm³/mol. The van der Waals surface area contributed by atoms with Crippen LogP contribution in [0.25, 0.3) is 0 Å². The minimum absolute atomic E-state index is 0.117. The van der Waals surface area contributed by atoms with Crippen LogP contribution in [-0.4, -0.2) is 49.0 Å². The molecule has 45 heavy (non-hydrogen) atoms. The van der Waals surface area contributed by atoms with Crippen LogP contribution in [0.5, 0.6) is 11.5 Å². The van der Waals surface area contributed by atoms with E-state index in [-0.39, 0.29) is 23.5 Å². The molecule has 230 valence electrons. The maximum atomic E-state index is 12.6. The van der Waals surface area contributed by atoms with E-state index in [4.69, 9.17) is 14.6 Å². The van der Waals surface area contributed by atoms with Crippen molar-refractivity contribution in [1.82, 2.24) is 19.1 Å². The van der Waals surface area contributed by atoms with Crippen LogP contribution >= 0.6 is 0 Å². The lowest BCUT2D eigenvalue weighted by atomic mass is 9.80. The van der Waals surface area contributed by atoms with Crippen LogP contribution in [-0.2, 0) is 22.7 Å². The molecule has 2 unspecified atom stereocenters. The number of carbonyl (C=O) groups is 3. The van der Waals surface area contributed by atoms with Crippen LogP contribution in [0.15, 0.2) is 104 Å². The summed E-state index contributed by atoms with van der Waals surface area (Å²) in [5.74, 6) is -0.954. The zero-order valence-electron chi connectivity index (χ0n) is 25.1. The number of Topliss-reactive ketones (excluding diaryl/α,β-unsaturated/α-hetero) is 1. The van der Waals surface area contributed by atoms with Gasteiger partial charge in [-0.05, 0) is 23.6 Å². The first-order valence-electron chi connectivity index (χ1n) is 14.6. The highest BCUT2D eigenvalue weighted by Crippen LogP contribution is 2.44. The average molecular weight is 607 g/mol. The summed E-state index contributed by atoms with van der Waals surface area (Å²) in [7, 11) is 1.60. The van der Waals surface area contributed by atoms with Gasteiger partial charge < -0.3 is 23.7 Å². The maximum Gasteiger partial charge on any atom is 0.315 e. The smallest absolute Gasteiger partial charge is 0.315 e. The van der Waals surface area contributed by atoms with Gasteiger partial charge in [0.15, 0.2) is 5.78 Å². The lowest BCUT2D eigenvalue weighted by Gasteiger charge is -2.30. The van der Waals surface area contributed by atoms with Gasteiger partial charge >= 0.3 is 11.9 Å². The molecule has 0 bridgehead atoms. The highest BCUT2D eigenvalue weighted by atomic mass is 16.5. The summed E-state index contributed by atoms with van der Waals surface area (Å²) in [5.41, 5.74) is 4.36. The van der Waals surface area contributed by atoms with Gasteiger partial charge in [0, 0.05) is 43.0 Å². The Morgan fingerprint density at radius 3 is 2.11 bits per heavy atom. The second-order valence-electron chi connectivity index (χ2n) is 10.7. The summed E-state index contributed by atoms with van der Waals surface area (Å²) >= 11 is 0. The molecule has 10 nitrogen and oxygen atoms in total. The van der Waals surface area contributed by atoms with Gasteiger partial charge in [-0.25, -0.2) is 9.97 Å². The number of hydrogen-bond acceptors (Lipinski definition) is 7. The number of benzene rings is 3. The second-order valence-corrected chi connectivity index (χ2v) is 10.7. The molecule has 0 aliphatic carbocycles. The van der Waals surface area contributed by atoms with Crippen molar-refractivity contribution in [3.63, 3.8) is 0 Å². The van der Waals surface area contributed by atoms with Crippen LogP contribution in [0.1, 0.15) is 58.6 Å². The Labute approximate surface area is 260 Å². The number of aliphatic carboxylic acids is 1. The highest BCUT2D eigenvalue weighted by Gasteiger charge is 2.39. The molecule has 3 heterocycles. The van der Waals surface area contributed by atoms with E-state index in [1.807, 2.05) is 80.1 Å². The van der Waals surface area contributed by atoms with E-state index in [0.29, 0.717) is 24.5 Å². The fourth-order valence-electron chi connectivity index (χ4n) is 5.32. The van der Waals surface area contributed by atoms with Gasteiger partial charge in [-0.15, -0.1) is 0 Å². The monoisotopic (exact) mass is 606 g/mol. The van der Waals surface area contributed by atoms with E-state index < -0.39 is 18.2 Å². The van der Waals surface area contributed by atoms with Crippen LogP contribution in [0, 0.1) is 5.92 Å². The number of carboxylic acids is 1. The third-order valence-electron chi connectivity index (χ3n) is 7.53. The van der Waals surface area contributed by atoms with E-state index in [9.17, 15) is 14.4 Å². The van der Waals surface area contributed by atoms with E-state index in [1.54, 1.807) is 23.9 Å². The average Bonchev–Trinajstić information content (AvgIpc) is 3.71. The number of ketones is 1. The van der Waals surface area contributed by atoms with Crippen molar-refractivity contribution < 1.29 is 29.0 Å². The molecule has 0 spiro atoms. The third-order valence-corrected chi connectivity index (χ3v) is 7.53. The lowest BCUT2D eigenvalue weighted by molar-refractivity contribution is -0.141. The zero-order valence-corrected chi connectivity index (χ0v) is 25.1. The first-order valence-corrected chi connectivity index (χ1v) is 14.6. The molecule has 5 aromatic rings. The molecule has 10 heteroatoms. The third kappa shape index (κ3) is 7.72. The first-order chi connectivity index (χ1) is 21.8. The Morgan fingerprint density at radius 1 is 0.889 bits per heavy atom. The summed E-state index contributed by atoms with van der Waals surface area (Å²) in [6, 6.07) is 25.6. The largest absolute Gasteiger partial charge is 0.497 e. The van der Waals surface area contributed by atoms with E-state index in [0.717, 1.165) is 23.4 Å². The van der Waals surface area contributed by atoms with Gasteiger partial charge in [0.05, 0.1) is 31.4 Å². The van der Waals surface area contributed by atoms with Gasteiger partial charge in [0.2, 0.25) is 0 Å². The summed E-state index contributed by atoms with van der Waals surface area (Å²) in [5, 5.41) is 8.53. The molecular formula is C35H34N4O6. The molecule has 1 aliphatic rings. The number of nitrogens with zero attached hydrogens (tertiary/aromatic N) is 4. The topological polar surface area (TPSA) is 126 Å². The van der Waals surface area contributed by atoms with Crippen molar-refractivity contribution in [1.29, 1.82) is 0 Å². The molecule has 0 saturated heterocycles. The number of fused-ring (bicyclic) bond motifs is 1. The van der Waals surface area contributed by atoms with Gasteiger partial charge in [-0.1, -0.05) is 73.7 Å².